The van der Waals surface area contributed by atoms with Gasteiger partial charge in [-0.1, -0.05) is 35.8 Å². The zero-order valence-corrected chi connectivity index (χ0v) is 12.5. The van der Waals surface area contributed by atoms with Crippen LogP contribution >= 0.6 is 15.9 Å². The average Bonchev–Trinajstić information content (AvgIpc) is 2.28. The van der Waals surface area contributed by atoms with Crippen LogP contribution in [0.2, 0.25) is 0 Å². The summed E-state index contributed by atoms with van der Waals surface area (Å²) in [7, 11) is 0. The second-order valence-electron chi connectivity index (χ2n) is 4.60. The Bertz CT molecular complexity index is 405. The predicted octanol–water partition coefficient (Wildman–Crippen LogP) is 3.56. The molecule has 0 unspecified atom stereocenters. The van der Waals surface area contributed by atoms with Gasteiger partial charge in [0.25, 0.3) is 0 Å². The maximum absolute atomic E-state index is 12.7. The lowest BCUT2D eigenvalue weighted by Crippen LogP contribution is -2.31. The molecule has 0 aliphatic carbocycles. The van der Waals surface area contributed by atoms with Crippen molar-refractivity contribution < 1.29 is 13.2 Å². The molecular weight excluding hydrogens is 321 g/mol. The Hall–Kier alpha value is -0.590. The summed E-state index contributed by atoms with van der Waals surface area (Å²) in [4.78, 5) is 0. The van der Waals surface area contributed by atoms with E-state index in [-0.39, 0.29) is 4.47 Å². The normalized spacial score (nSPS) is 12.2. The molecule has 0 radical (unpaired) electrons. The average molecular weight is 339 g/mol. The first-order chi connectivity index (χ1) is 8.80. The van der Waals surface area contributed by atoms with E-state index in [2.05, 4.69) is 26.6 Å². The van der Waals surface area contributed by atoms with E-state index in [4.69, 9.17) is 0 Å². The summed E-state index contributed by atoms with van der Waals surface area (Å²) in [5.41, 5.74) is -0.00724. The Kier molecular flexibility index (Phi) is 6.29. The van der Waals surface area contributed by atoms with Crippen molar-refractivity contribution in [3.63, 3.8) is 0 Å². The molecule has 0 fully saturated rings. The van der Waals surface area contributed by atoms with Crippen molar-refractivity contribution in [3.05, 3.63) is 33.8 Å². The van der Waals surface area contributed by atoms with E-state index in [1.54, 1.807) is 6.07 Å². The van der Waals surface area contributed by atoms with Crippen molar-refractivity contribution in [1.82, 2.24) is 10.6 Å². The van der Waals surface area contributed by atoms with E-state index in [9.17, 15) is 13.2 Å². The lowest BCUT2D eigenvalue weighted by molar-refractivity contribution is -0.138. The molecule has 2 N–H and O–H groups in total. The van der Waals surface area contributed by atoms with Gasteiger partial charge in [-0.05, 0) is 17.7 Å². The predicted molar refractivity (Wildman–Crippen MR) is 74.0 cm³/mol. The van der Waals surface area contributed by atoms with Crippen LogP contribution in [-0.2, 0) is 12.7 Å². The van der Waals surface area contributed by atoms with Crippen LogP contribution in [0.3, 0.4) is 0 Å². The molecule has 1 aromatic rings. The molecule has 0 spiro atoms. The largest absolute Gasteiger partial charge is 0.417 e. The van der Waals surface area contributed by atoms with Gasteiger partial charge in [0.05, 0.1) is 5.56 Å². The quantitative estimate of drug-likeness (QED) is 0.775. The Labute approximate surface area is 119 Å². The third-order valence-corrected chi connectivity index (χ3v) is 3.21. The standard InChI is InChI=1S/C13H18BrF3N2/c1-9(2)19-6-5-18-8-10-3-4-12(14)11(7-10)13(15,16)17/h3-4,7,9,18-19H,5-6,8H2,1-2H3. The van der Waals surface area contributed by atoms with Crippen molar-refractivity contribution in [3.8, 4) is 0 Å². The number of rotatable bonds is 6. The minimum absolute atomic E-state index is 0.0743. The van der Waals surface area contributed by atoms with Gasteiger partial charge in [-0.2, -0.15) is 13.2 Å². The molecule has 0 amide bonds. The second-order valence-corrected chi connectivity index (χ2v) is 5.45. The summed E-state index contributed by atoms with van der Waals surface area (Å²) in [5.74, 6) is 0. The van der Waals surface area contributed by atoms with Crippen LogP contribution in [0, 0.1) is 0 Å². The second kappa shape index (κ2) is 7.26. The van der Waals surface area contributed by atoms with Crippen LogP contribution in [0.4, 0.5) is 13.2 Å². The van der Waals surface area contributed by atoms with Crippen LogP contribution in [0.25, 0.3) is 0 Å². The molecule has 6 heteroatoms. The molecule has 0 bridgehead atoms. The van der Waals surface area contributed by atoms with Gasteiger partial charge >= 0.3 is 6.18 Å². The van der Waals surface area contributed by atoms with Crippen LogP contribution in [0.1, 0.15) is 25.0 Å². The first-order valence-electron chi connectivity index (χ1n) is 6.10. The van der Waals surface area contributed by atoms with Crippen LogP contribution in [-0.4, -0.2) is 19.1 Å². The SMILES string of the molecule is CC(C)NCCNCc1ccc(Br)c(C(F)(F)F)c1. The van der Waals surface area contributed by atoms with Crippen molar-refractivity contribution in [2.45, 2.75) is 32.6 Å². The number of halogens is 4. The highest BCUT2D eigenvalue weighted by Crippen LogP contribution is 2.35. The third-order valence-electron chi connectivity index (χ3n) is 2.52. The first kappa shape index (κ1) is 16.5. The number of hydrogen-bond donors (Lipinski definition) is 2. The summed E-state index contributed by atoms with van der Waals surface area (Å²) in [6, 6.07) is 4.70. The van der Waals surface area contributed by atoms with Gasteiger partial charge in [-0.15, -0.1) is 0 Å². The molecule has 1 aromatic carbocycles. The maximum atomic E-state index is 12.7. The van der Waals surface area contributed by atoms with E-state index >= 15 is 0 Å². The van der Waals surface area contributed by atoms with Gasteiger partial charge in [-0.25, -0.2) is 0 Å². The fraction of sp³-hybridized carbons (Fsp3) is 0.538. The minimum Gasteiger partial charge on any atom is -0.313 e. The highest BCUT2D eigenvalue weighted by atomic mass is 79.9. The van der Waals surface area contributed by atoms with Crippen molar-refractivity contribution in [2.75, 3.05) is 13.1 Å². The lowest BCUT2D eigenvalue weighted by atomic mass is 10.1. The van der Waals surface area contributed by atoms with Crippen molar-refractivity contribution in [2.24, 2.45) is 0 Å². The Balaban J connectivity index is 2.51. The Morgan fingerprint density at radius 1 is 1.21 bits per heavy atom. The number of nitrogens with one attached hydrogen (secondary N) is 2. The van der Waals surface area contributed by atoms with Crippen molar-refractivity contribution >= 4 is 15.9 Å². The first-order valence-corrected chi connectivity index (χ1v) is 6.89. The van der Waals surface area contributed by atoms with E-state index < -0.39 is 11.7 Å². The topological polar surface area (TPSA) is 24.1 Å². The van der Waals surface area contributed by atoms with Gasteiger partial charge in [-0.3, -0.25) is 0 Å². The van der Waals surface area contributed by atoms with Crippen LogP contribution in [0.15, 0.2) is 22.7 Å². The third kappa shape index (κ3) is 5.93. The molecule has 0 aromatic heterocycles. The molecule has 19 heavy (non-hydrogen) atoms. The minimum atomic E-state index is -4.33. The molecule has 0 saturated carbocycles. The summed E-state index contributed by atoms with van der Waals surface area (Å²) in [5, 5.41) is 6.34. The van der Waals surface area contributed by atoms with Gasteiger partial charge in [0.2, 0.25) is 0 Å². The molecule has 0 heterocycles. The smallest absolute Gasteiger partial charge is 0.313 e. The molecular formula is C13H18BrF3N2. The summed E-state index contributed by atoms with van der Waals surface area (Å²) < 4.78 is 38.2. The number of hydrogen-bond acceptors (Lipinski definition) is 2. The fourth-order valence-electron chi connectivity index (χ4n) is 1.58. The highest BCUT2D eigenvalue weighted by molar-refractivity contribution is 9.10. The zero-order chi connectivity index (χ0) is 14.5. The molecule has 0 aliphatic rings. The molecule has 0 atom stereocenters. The summed E-state index contributed by atoms with van der Waals surface area (Å²) >= 11 is 2.92. The monoisotopic (exact) mass is 338 g/mol. The molecule has 2 nitrogen and oxygen atoms in total. The number of benzene rings is 1. The number of alkyl halides is 3. The van der Waals surface area contributed by atoms with Gasteiger partial charge in [0, 0.05) is 30.1 Å². The van der Waals surface area contributed by atoms with Gasteiger partial charge in [0.1, 0.15) is 0 Å². The maximum Gasteiger partial charge on any atom is 0.417 e. The van der Waals surface area contributed by atoms with Gasteiger partial charge < -0.3 is 10.6 Å². The highest BCUT2D eigenvalue weighted by Gasteiger charge is 2.32. The molecule has 1 rings (SSSR count). The van der Waals surface area contributed by atoms with Crippen LogP contribution in [0.5, 0.6) is 0 Å². The van der Waals surface area contributed by atoms with Crippen molar-refractivity contribution in [1.29, 1.82) is 0 Å². The zero-order valence-electron chi connectivity index (χ0n) is 10.9. The van der Waals surface area contributed by atoms with E-state index in [0.29, 0.717) is 18.2 Å². The molecule has 0 aliphatic heterocycles. The Morgan fingerprint density at radius 2 is 1.89 bits per heavy atom. The summed E-state index contributed by atoms with van der Waals surface area (Å²) in [6.45, 7) is 6.03. The molecule has 108 valence electrons. The van der Waals surface area contributed by atoms with E-state index in [1.807, 2.05) is 13.8 Å². The van der Waals surface area contributed by atoms with Gasteiger partial charge in [0.15, 0.2) is 0 Å². The lowest BCUT2D eigenvalue weighted by Gasteiger charge is -2.12. The molecule has 0 saturated heterocycles. The van der Waals surface area contributed by atoms with E-state index in [0.717, 1.165) is 13.1 Å². The fourth-order valence-corrected chi connectivity index (χ4v) is 2.05. The van der Waals surface area contributed by atoms with E-state index in [1.165, 1.54) is 12.1 Å². The van der Waals surface area contributed by atoms with Crippen LogP contribution < -0.4 is 10.6 Å². The summed E-state index contributed by atoms with van der Waals surface area (Å²) in [6.07, 6.45) is -4.33. The Morgan fingerprint density at radius 3 is 2.47 bits per heavy atom.